The molecule has 0 aromatic carbocycles. The number of rotatable bonds is 3. The van der Waals surface area contributed by atoms with Crippen LogP contribution in [0.25, 0.3) is 0 Å². The first-order chi connectivity index (χ1) is 10.6. The van der Waals surface area contributed by atoms with Gasteiger partial charge in [-0.05, 0) is 30.7 Å². The summed E-state index contributed by atoms with van der Waals surface area (Å²) in [7, 11) is 0. The van der Waals surface area contributed by atoms with Crippen molar-refractivity contribution in [1.82, 2.24) is 15.0 Å². The Morgan fingerprint density at radius 3 is 2.36 bits per heavy atom. The van der Waals surface area contributed by atoms with E-state index in [0.717, 1.165) is 10.7 Å². The molecule has 22 heavy (non-hydrogen) atoms. The predicted octanol–water partition coefficient (Wildman–Crippen LogP) is 1.93. The lowest BCUT2D eigenvalue weighted by molar-refractivity contribution is -0.0766. The molecule has 0 spiro atoms. The summed E-state index contributed by atoms with van der Waals surface area (Å²) in [5, 5.41) is 16.6. The third-order valence-electron chi connectivity index (χ3n) is 3.71. The lowest BCUT2D eigenvalue weighted by Gasteiger charge is -2.31. The first-order valence-electron chi connectivity index (χ1n) is 7.09. The van der Waals surface area contributed by atoms with Crippen LogP contribution in [0.2, 0.25) is 0 Å². The van der Waals surface area contributed by atoms with Crippen molar-refractivity contribution in [3.05, 3.63) is 60.2 Å². The number of aliphatic hydroxyl groups is 1. The van der Waals surface area contributed by atoms with Gasteiger partial charge in [-0.1, -0.05) is 6.92 Å². The maximum Gasteiger partial charge on any atom is 0.277 e. The molecule has 0 radical (unpaired) electrons. The zero-order chi connectivity index (χ0) is 15.6. The molecule has 0 saturated heterocycles. The van der Waals surface area contributed by atoms with E-state index in [2.05, 4.69) is 15.1 Å². The van der Waals surface area contributed by atoms with Crippen molar-refractivity contribution in [2.45, 2.75) is 25.5 Å². The van der Waals surface area contributed by atoms with Crippen LogP contribution in [0.3, 0.4) is 0 Å². The van der Waals surface area contributed by atoms with Gasteiger partial charge in [-0.3, -0.25) is 14.8 Å². The molecular formula is C16H16N4O2. The number of pyridine rings is 2. The molecule has 2 aromatic heterocycles. The minimum atomic E-state index is -1.48. The van der Waals surface area contributed by atoms with E-state index in [9.17, 15) is 9.90 Å². The van der Waals surface area contributed by atoms with Gasteiger partial charge in [0, 0.05) is 48.0 Å². The lowest BCUT2D eigenvalue weighted by Crippen LogP contribution is -2.43. The van der Waals surface area contributed by atoms with Crippen molar-refractivity contribution in [3.63, 3.8) is 0 Å². The van der Waals surface area contributed by atoms with Crippen LogP contribution in [-0.2, 0) is 5.72 Å². The second kappa shape index (κ2) is 5.65. The predicted molar refractivity (Wildman–Crippen MR) is 80.9 cm³/mol. The van der Waals surface area contributed by atoms with Gasteiger partial charge in [-0.15, -0.1) is 0 Å². The van der Waals surface area contributed by atoms with Gasteiger partial charge in [0.25, 0.3) is 5.91 Å². The fourth-order valence-electron chi connectivity index (χ4n) is 2.49. The Hall–Kier alpha value is -2.60. The second-order valence-corrected chi connectivity index (χ2v) is 5.10. The summed E-state index contributed by atoms with van der Waals surface area (Å²) in [6.07, 6.45) is 7.23. The molecule has 3 heterocycles. The smallest absolute Gasteiger partial charge is 0.277 e. The van der Waals surface area contributed by atoms with Gasteiger partial charge < -0.3 is 5.11 Å². The van der Waals surface area contributed by atoms with E-state index in [1.807, 2.05) is 6.92 Å². The number of amides is 1. The minimum absolute atomic E-state index is 0.296. The standard InChI is InChI=1S/C16H16N4O2/c1-2-14-11-16(22,13-5-9-18-10-6-13)20(19-14)15(21)12-3-7-17-8-4-12/h3-10,22H,2,11H2,1H3/t16-/m1/s1. The molecule has 0 fully saturated rings. The highest BCUT2D eigenvalue weighted by Crippen LogP contribution is 2.36. The van der Waals surface area contributed by atoms with Gasteiger partial charge in [0.1, 0.15) is 0 Å². The van der Waals surface area contributed by atoms with E-state index in [4.69, 9.17) is 0 Å². The lowest BCUT2D eigenvalue weighted by atomic mass is 9.97. The van der Waals surface area contributed by atoms with Crippen molar-refractivity contribution >= 4 is 11.6 Å². The van der Waals surface area contributed by atoms with Crippen LogP contribution in [-0.4, -0.2) is 31.7 Å². The summed E-state index contributed by atoms with van der Waals surface area (Å²) in [6, 6.07) is 6.60. The highest BCUT2D eigenvalue weighted by Gasteiger charge is 2.45. The molecule has 1 aliphatic rings. The molecule has 6 nitrogen and oxygen atoms in total. The van der Waals surface area contributed by atoms with Crippen LogP contribution in [0, 0.1) is 0 Å². The summed E-state index contributed by atoms with van der Waals surface area (Å²) < 4.78 is 0. The van der Waals surface area contributed by atoms with E-state index in [1.165, 1.54) is 0 Å². The number of hydrazone groups is 1. The Labute approximate surface area is 128 Å². The number of aromatic nitrogens is 2. The van der Waals surface area contributed by atoms with Crippen LogP contribution in [0.15, 0.2) is 54.2 Å². The molecule has 0 bridgehead atoms. The first-order valence-corrected chi connectivity index (χ1v) is 7.09. The van der Waals surface area contributed by atoms with E-state index in [-0.39, 0.29) is 5.91 Å². The third-order valence-corrected chi connectivity index (χ3v) is 3.71. The summed E-state index contributed by atoms with van der Waals surface area (Å²) in [4.78, 5) is 20.6. The van der Waals surface area contributed by atoms with Crippen LogP contribution >= 0.6 is 0 Å². The molecule has 1 aliphatic heterocycles. The van der Waals surface area contributed by atoms with Gasteiger partial charge in [-0.25, -0.2) is 0 Å². The SMILES string of the molecule is CCC1=NN(C(=O)c2ccncc2)[C@](O)(c2ccncc2)C1. The molecule has 6 heteroatoms. The Morgan fingerprint density at radius 2 is 1.77 bits per heavy atom. The fraction of sp³-hybridized carbons (Fsp3) is 0.250. The minimum Gasteiger partial charge on any atom is -0.365 e. The Balaban J connectivity index is 2.02. The van der Waals surface area contributed by atoms with Crippen LogP contribution in [0.4, 0.5) is 0 Å². The highest BCUT2D eigenvalue weighted by molar-refractivity contribution is 5.98. The zero-order valence-corrected chi connectivity index (χ0v) is 12.2. The molecule has 0 saturated carbocycles. The first kappa shape index (κ1) is 14.3. The van der Waals surface area contributed by atoms with E-state index in [1.54, 1.807) is 49.1 Å². The molecule has 112 valence electrons. The normalized spacial score (nSPS) is 20.8. The molecule has 1 amide bonds. The third kappa shape index (κ3) is 2.37. The monoisotopic (exact) mass is 296 g/mol. The topological polar surface area (TPSA) is 78.7 Å². The molecule has 1 N–H and O–H groups in total. The molecule has 3 rings (SSSR count). The zero-order valence-electron chi connectivity index (χ0n) is 12.2. The van der Waals surface area contributed by atoms with E-state index >= 15 is 0 Å². The molecule has 0 unspecified atom stereocenters. The van der Waals surface area contributed by atoms with Gasteiger partial charge >= 0.3 is 0 Å². The van der Waals surface area contributed by atoms with Crippen molar-refractivity contribution in [1.29, 1.82) is 0 Å². The number of carbonyl (C=O) groups is 1. The molecule has 1 atom stereocenters. The van der Waals surface area contributed by atoms with Crippen LogP contribution in [0.1, 0.15) is 35.7 Å². The van der Waals surface area contributed by atoms with E-state index < -0.39 is 5.72 Å². The average Bonchev–Trinajstić information content (AvgIpc) is 2.94. The molecule has 2 aromatic rings. The summed E-state index contributed by atoms with van der Waals surface area (Å²) >= 11 is 0. The quantitative estimate of drug-likeness (QED) is 0.938. The summed E-state index contributed by atoms with van der Waals surface area (Å²) in [5.41, 5.74) is 0.330. The Morgan fingerprint density at radius 1 is 1.18 bits per heavy atom. The Bertz CT molecular complexity index is 703. The number of carbonyl (C=O) groups excluding carboxylic acids is 1. The number of nitrogens with zero attached hydrogens (tertiary/aromatic N) is 4. The highest BCUT2D eigenvalue weighted by atomic mass is 16.3. The van der Waals surface area contributed by atoms with Crippen molar-refractivity contribution in [2.24, 2.45) is 5.10 Å². The summed E-state index contributed by atoms with van der Waals surface area (Å²) in [6.45, 7) is 1.95. The van der Waals surface area contributed by atoms with Gasteiger partial charge in [0.15, 0.2) is 5.72 Å². The van der Waals surface area contributed by atoms with Gasteiger partial charge in [-0.2, -0.15) is 10.1 Å². The maximum atomic E-state index is 12.7. The molecular weight excluding hydrogens is 280 g/mol. The van der Waals surface area contributed by atoms with Gasteiger partial charge in [0.2, 0.25) is 0 Å². The van der Waals surface area contributed by atoms with Crippen molar-refractivity contribution in [3.8, 4) is 0 Å². The van der Waals surface area contributed by atoms with Crippen LogP contribution in [0.5, 0.6) is 0 Å². The average molecular weight is 296 g/mol. The molecule has 0 aliphatic carbocycles. The van der Waals surface area contributed by atoms with Crippen molar-refractivity contribution in [2.75, 3.05) is 0 Å². The largest absolute Gasteiger partial charge is 0.365 e. The fourth-order valence-corrected chi connectivity index (χ4v) is 2.49. The number of hydrogen-bond acceptors (Lipinski definition) is 5. The second-order valence-electron chi connectivity index (χ2n) is 5.10. The summed E-state index contributed by atoms with van der Waals surface area (Å²) in [5.74, 6) is -0.356. The van der Waals surface area contributed by atoms with Crippen molar-refractivity contribution < 1.29 is 9.90 Å². The van der Waals surface area contributed by atoms with Crippen LogP contribution < -0.4 is 0 Å². The number of hydrogen-bond donors (Lipinski definition) is 1. The van der Waals surface area contributed by atoms with Gasteiger partial charge in [0.05, 0.1) is 0 Å². The Kier molecular flexibility index (Phi) is 3.68. The van der Waals surface area contributed by atoms with E-state index in [0.29, 0.717) is 24.0 Å². The maximum absolute atomic E-state index is 12.7.